The average molecular weight is 282 g/mol. The summed E-state index contributed by atoms with van der Waals surface area (Å²) in [5, 5.41) is 8.87. The number of ether oxygens (including phenoxy) is 1. The molecule has 0 radical (unpaired) electrons. The average Bonchev–Trinajstić information content (AvgIpc) is 2.44. The molecule has 0 saturated carbocycles. The number of rotatable bonds is 11. The van der Waals surface area contributed by atoms with Gasteiger partial charge in [0.15, 0.2) is 0 Å². The number of hydrogen-bond acceptors (Lipinski definition) is 3. The summed E-state index contributed by atoms with van der Waals surface area (Å²) in [6.07, 6.45) is 6.50. The molecule has 2 nitrogen and oxygen atoms in total. The molecule has 108 valence electrons. The lowest BCUT2D eigenvalue weighted by molar-refractivity contribution is 0.100. The fourth-order valence-electron chi connectivity index (χ4n) is 1.82. The van der Waals surface area contributed by atoms with E-state index in [9.17, 15) is 0 Å². The molecule has 1 aromatic rings. The predicted octanol–water partition coefficient (Wildman–Crippen LogP) is 4.47. The SMILES string of the molecule is CCCCCOC(CCCCO)Sc1ccccc1. The third-order valence-electron chi connectivity index (χ3n) is 2.91. The van der Waals surface area contributed by atoms with E-state index < -0.39 is 0 Å². The number of benzene rings is 1. The molecule has 0 aliphatic rings. The zero-order valence-corrected chi connectivity index (χ0v) is 12.7. The molecule has 0 spiro atoms. The molecule has 0 aliphatic carbocycles. The molecule has 1 rings (SSSR count). The number of aliphatic hydroxyl groups excluding tert-OH is 1. The zero-order chi connectivity index (χ0) is 13.8. The lowest BCUT2D eigenvalue weighted by atomic mass is 10.2. The molecule has 1 atom stereocenters. The number of unbranched alkanes of at least 4 members (excludes halogenated alkanes) is 3. The van der Waals surface area contributed by atoms with Crippen LogP contribution < -0.4 is 0 Å². The van der Waals surface area contributed by atoms with E-state index in [1.54, 1.807) is 11.8 Å². The first-order valence-corrected chi connectivity index (χ1v) is 8.19. The first kappa shape index (κ1) is 16.5. The molecule has 0 aromatic heterocycles. The summed E-state index contributed by atoms with van der Waals surface area (Å²) in [5.41, 5.74) is 0.214. The van der Waals surface area contributed by atoms with E-state index >= 15 is 0 Å². The Labute approximate surface area is 121 Å². The van der Waals surface area contributed by atoms with Crippen LogP contribution >= 0.6 is 11.8 Å². The van der Waals surface area contributed by atoms with E-state index in [1.165, 1.54) is 17.7 Å². The van der Waals surface area contributed by atoms with Gasteiger partial charge in [-0.15, -0.1) is 0 Å². The topological polar surface area (TPSA) is 29.5 Å². The zero-order valence-electron chi connectivity index (χ0n) is 11.9. The van der Waals surface area contributed by atoms with Crippen molar-refractivity contribution in [3.8, 4) is 0 Å². The van der Waals surface area contributed by atoms with Gasteiger partial charge in [-0.05, 0) is 37.8 Å². The van der Waals surface area contributed by atoms with E-state index in [2.05, 4.69) is 31.2 Å². The minimum absolute atomic E-state index is 0.214. The molecule has 0 amide bonds. The lowest BCUT2D eigenvalue weighted by Gasteiger charge is -2.17. The summed E-state index contributed by atoms with van der Waals surface area (Å²) in [6, 6.07) is 10.4. The number of thioether (sulfide) groups is 1. The van der Waals surface area contributed by atoms with Gasteiger partial charge in [-0.3, -0.25) is 0 Å². The summed E-state index contributed by atoms with van der Waals surface area (Å²) >= 11 is 1.79. The molecular weight excluding hydrogens is 256 g/mol. The highest BCUT2D eigenvalue weighted by atomic mass is 32.2. The van der Waals surface area contributed by atoms with Crippen molar-refractivity contribution in [3.63, 3.8) is 0 Å². The standard InChI is InChI=1S/C16H26O2S/c1-2-3-9-14-18-16(12-7-8-13-17)19-15-10-5-4-6-11-15/h4-6,10-11,16-17H,2-3,7-9,12-14H2,1H3. The summed E-state index contributed by atoms with van der Waals surface area (Å²) in [4.78, 5) is 1.26. The number of hydrogen-bond donors (Lipinski definition) is 1. The molecule has 1 unspecified atom stereocenters. The first-order chi connectivity index (χ1) is 9.36. The summed E-state index contributed by atoms with van der Waals surface area (Å²) in [7, 11) is 0. The van der Waals surface area contributed by atoms with E-state index in [-0.39, 0.29) is 12.0 Å². The Bertz CT molecular complexity index is 303. The van der Waals surface area contributed by atoms with Crippen molar-refractivity contribution in [3.05, 3.63) is 30.3 Å². The first-order valence-electron chi connectivity index (χ1n) is 7.31. The lowest BCUT2D eigenvalue weighted by Crippen LogP contribution is -2.10. The van der Waals surface area contributed by atoms with E-state index in [4.69, 9.17) is 9.84 Å². The third kappa shape index (κ3) is 8.30. The van der Waals surface area contributed by atoms with Gasteiger partial charge in [-0.1, -0.05) is 49.7 Å². The van der Waals surface area contributed by atoms with Gasteiger partial charge in [0.2, 0.25) is 0 Å². The molecule has 0 fully saturated rings. The fraction of sp³-hybridized carbons (Fsp3) is 0.625. The normalized spacial score (nSPS) is 12.5. The van der Waals surface area contributed by atoms with E-state index in [0.717, 1.165) is 32.3 Å². The maximum Gasteiger partial charge on any atom is 0.107 e. The van der Waals surface area contributed by atoms with Gasteiger partial charge in [-0.25, -0.2) is 0 Å². The van der Waals surface area contributed by atoms with E-state index in [1.807, 2.05) is 6.07 Å². The van der Waals surface area contributed by atoms with Crippen LogP contribution in [0.4, 0.5) is 0 Å². The Kier molecular flexibility index (Phi) is 9.86. The van der Waals surface area contributed by atoms with Crippen LogP contribution in [0.1, 0.15) is 45.4 Å². The Morgan fingerprint density at radius 1 is 1.11 bits per heavy atom. The maximum absolute atomic E-state index is 8.87. The molecule has 1 aromatic carbocycles. The van der Waals surface area contributed by atoms with E-state index in [0.29, 0.717) is 0 Å². The molecule has 3 heteroatoms. The van der Waals surface area contributed by atoms with Crippen LogP contribution in [0.2, 0.25) is 0 Å². The predicted molar refractivity (Wildman–Crippen MR) is 82.5 cm³/mol. The van der Waals surface area contributed by atoms with Gasteiger partial charge in [0.1, 0.15) is 5.44 Å². The summed E-state index contributed by atoms with van der Waals surface area (Å²) < 4.78 is 5.98. The molecular formula is C16H26O2S. The van der Waals surface area contributed by atoms with Crippen molar-refractivity contribution in [1.29, 1.82) is 0 Å². The number of aliphatic hydroxyl groups is 1. The van der Waals surface area contributed by atoms with Crippen LogP contribution in [0.15, 0.2) is 35.2 Å². The molecule has 0 heterocycles. The Morgan fingerprint density at radius 3 is 2.58 bits per heavy atom. The second-order valence-electron chi connectivity index (χ2n) is 4.66. The summed E-state index contributed by atoms with van der Waals surface area (Å²) in [6.45, 7) is 3.33. The van der Waals surface area contributed by atoms with Crippen LogP contribution in [0.5, 0.6) is 0 Å². The highest BCUT2D eigenvalue weighted by molar-refractivity contribution is 7.99. The van der Waals surface area contributed by atoms with Gasteiger partial charge in [0.05, 0.1) is 0 Å². The summed E-state index contributed by atoms with van der Waals surface area (Å²) in [5.74, 6) is 0. The van der Waals surface area contributed by atoms with Gasteiger partial charge < -0.3 is 9.84 Å². The Balaban J connectivity index is 2.35. The quantitative estimate of drug-likeness (QED) is 0.369. The Hall–Kier alpha value is -0.510. The molecule has 1 N–H and O–H groups in total. The second-order valence-corrected chi connectivity index (χ2v) is 5.89. The van der Waals surface area contributed by atoms with Crippen molar-refractivity contribution < 1.29 is 9.84 Å². The van der Waals surface area contributed by atoms with Crippen molar-refractivity contribution in [2.45, 2.75) is 55.8 Å². The molecule has 19 heavy (non-hydrogen) atoms. The maximum atomic E-state index is 8.87. The minimum atomic E-state index is 0.214. The van der Waals surface area contributed by atoms with Crippen molar-refractivity contribution in [2.75, 3.05) is 13.2 Å². The van der Waals surface area contributed by atoms with Crippen LogP contribution in [0.3, 0.4) is 0 Å². The van der Waals surface area contributed by atoms with Crippen molar-refractivity contribution in [2.24, 2.45) is 0 Å². The van der Waals surface area contributed by atoms with Gasteiger partial charge in [0.25, 0.3) is 0 Å². The largest absolute Gasteiger partial charge is 0.396 e. The van der Waals surface area contributed by atoms with Crippen LogP contribution in [-0.4, -0.2) is 23.8 Å². The highest BCUT2D eigenvalue weighted by Gasteiger charge is 2.10. The minimum Gasteiger partial charge on any atom is -0.396 e. The van der Waals surface area contributed by atoms with Crippen LogP contribution in [-0.2, 0) is 4.74 Å². The van der Waals surface area contributed by atoms with Gasteiger partial charge in [-0.2, -0.15) is 0 Å². The van der Waals surface area contributed by atoms with Crippen molar-refractivity contribution in [1.82, 2.24) is 0 Å². The van der Waals surface area contributed by atoms with Crippen LogP contribution in [0.25, 0.3) is 0 Å². The molecule has 0 bridgehead atoms. The monoisotopic (exact) mass is 282 g/mol. The highest BCUT2D eigenvalue weighted by Crippen LogP contribution is 2.27. The smallest absolute Gasteiger partial charge is 0.107 e. The van der Waals surface area contributed by atoms with Gasteiger partial charge in [0, 0.05) is 18.1 Å². The molecule has 0 saturated heterocycles. The van der Waals surface area contributed by atoms with Gasteiger partial charge >= 0.3 is 0 Å². The second kappa shape index (κ2) is 11.3. The van der Waals surface area contributed by atoms with Crippen molar-refractivity contribution >= 4 is 11.8 Å². The fourth-order valence-corrected chi connectivity index (χ4v) is 2.88. The third-order valence-corrected chi connectivity index (χ3v) is 4.09. The van der Waals surface area contributed by atoms with Crippen LogP contribution in [0, 0.1) is 0 Å². The Morgan fingerprint density at radius 2 is 1.89 bits per heavy atom. The molecule has 0 aliphatic heterocycles.